The van der Waals surface area contributed by atoms with Crippen molar-refractivity contribution >= 4 is 12.2 Å². The monoisotopic (exact) mass is 270 g/mol. The summed E-state index contributed by atoms with van der Waals surface area (Å²) in [6, 6.07) is 1.97. The van der Waals surface area contributed by atoms with Gasteiger partial charge in [0.05, 0.1) is 5.69 Å². The maximum absolute atomic E-state index is 13.6. The summed E-state index contributed by atoms with van der Waals surface area (Å²) < 4.78 is 39.8. The van der Waals surface area contributed by atoms with E-state index in [2.05, 4.69) is 9.97 Å². The van der Waals surface area contributed by atoms with Gasteiger partial charge in [0.15, 0.2) is 17.5 Å². The smallest absolute Gasteiger partial charge is 0.195 e. The predicted octanol–water partition coefficient (Wildman–Crippen LogP) is 3.84. The normalized spacial score (nSPS) is 10.7. The topological polar surface area (TPSA) is 28.7 Å². The van der Waals surface area contributed by atoms with Gasteiger partial charge in [-0.15, -0.1) is 0 Å². The number of hydrogen-bond donors (Lipinski definition) is 1. The number of nitrogens with zero attached hydrogens (tertiary/aromatic N) is 1. The molecule has 1 aromatic carbocycles. The van der Waals surface area contributed by atoms with Crippen LogP contribution in [-0.2, 0) is 0 Å². The summed E-state index contributed by atoms with van der Waals surface area (Å²) in [6.45, 7) is 3.48. The van der Waals surface area contributed by atoms with Gasteiger partial charge in [-0.1, -0.05) is 12.2 Å². The Morgan fingerprint density at radius 1 is 1.11 bits per heavy atom. The molecule has 0 amide bonds. The molecule has 0 aliphatic heterocycles. The van der Waals surface area contributed by atoms with E-state index in [1.165, 1.54) is 0 Å². The summed E-state index contributed by atoms with van der Waals surface area (Å²) in [6.07, 6.45) is 0. The number of benzene rings is 1. The highest BCUT2D eigenvalue weighted by Gasteiger charge is 2.17. The summed E-state index contributed by atoms with van der Waals surface area (Å²) in [4.78, 5) is 6.95. The van der Waals surface area contributed by atoms with E-state index in [0.717, 1.165) is 17.8 Å². The van der Waals surface area contributed by atoms with Gasteiger partial charge in [0.2, 0.25) is 0 Å². The number of halogens is 3. The number of H-pyrrole nitrogens is 1. The van der Waals surface area contributed by atoms with Gasteiger partial charge in [-0.3, -0.25) is 0 Å². The van der Waals surface area contributed by atoms with E-state index >= 15 is 0 Å². The first-order valence-corrected chi connectivity index (χ1v) is 5.54. The Morgan fingerprint density at radius 2 is 1.78 bits per heavy atom. The van der Waals surface area contributed by atoms with E-state index in [9.17, 15) is 13.2 Å². The first kappa shape index (κ1) is 12.8. The van der Waals surface area contributed by atoms with Gasteiger partial charge < -0.3 is 4.98 Å². The third kappa shape index (κ3) is 2.03. The van der Waals surface area contributed by atoms with Crippen molar-refractivity contribution in [1.82, 2.24) is 9.97 Å². The molecule has 0 bridgehead atoms. The molecule has 94 valence electrons. The summed E-state index contributed by atoms with van der Waals surface area (Å²) >= 11 is 5.02. The van der Waals surface area contributed by atoms with Crippen LogP contribution < -0.4 is 0 Å². The highest BCUT2D eigenvalue weighted by atomic mass is 32.1. The van der Waals surface area contributed by atoms with Crippen LogP contribution in [0.2, 0.25) is 0 Å². The van der Waals surface area contributed by atoms with Crippen LogP contribution >= 0.6 is 12.2 Å². The van der Waals surface area contributed by atoms with Crippen molar-refractivity contribution in [2.75, 3.05) is 0 Å². The van der Waals surface area contributed by atoms with Crippen LogP contribution in [0.25, 0.3) is 11.3 Å². The van der Waals surface area contributed by atoms with Gasteiger partial charge in [0.25, 0.3) is 0 Å². The number of aryl methyl sites for hydroxylation is 2. The van der Waals surface area contributed by atoms with Crippen LogP contribution in [0.15, 0.2) is 12.1 Å². The molecule has 0 saturated heterocycles. The van der Waals surface area contributed by atoms with Crippen LogP contribution in [0, 0.1) is 35.9 Å². The number of rotatable bonds is 1. The SMILES string of the molecule is Cc1nc(-c2ccc(F)c(F)c2F)c(=S)[nH]c1C. The van der Waals surface area contributed by atoms with E-state index < -0.39 is 17.5 Å². The van der Waals surface area contributed by atoms with E-state index in [-0.39, 0.29) is 15.9 Å². The molecule has 0 aliphatic carbocycles. The molecule has 0 saturated carbocycles. The predicted molar refractivity (Wildman–Crippen MR) is 64.2 cm³/mol. The minimum absolute atomic E-state index is 0.101. The van der Waals surface area contributed by atoms with Crippen molar-refractivity contribution in [3.63, 3.8) is 0 Å². The minimum atomic E-state index is -1.53. The largest absolute Gasteiger partial charge is 0.347 e. The minimum Gasteiger partial charge on any atom is -0.347 e. The molecule has 2 aromatic rings. The van der Waals surface area contributed by atoms with Gasteiger partial charge >= 0.3 is 0 Å². The molecule has 6 heteroatoms. The maximum atomic E-state index is 13.6. The van der Waals surface area contributed by atoms with Gasteiger partial charge in [0.1, 0.15) is 10.3 Å². The van der Waals surface area contributed by atoms with Gasteiger partial charge in [-0.25, -0.2) is 18.2 Å². The Balaban J connectivity index is 2.74. The van der Waals surface area contributed by atoms with Crippen LogP contribution in [0.4, 0.5) is 13.2 Å². The standard InChI is InChI=1S/C12H9F3N2S/c1-5-6(2)17-12(18)11(16-5)7-3-4-8(13)10(15)9(7)14/h3-4H,1-2H3,(H,17,18). The van der Waals surface area contributed by atoms with Crippen LogP contribution in [-0.4, -0.2) is 9.97 Å². The third-order valence-corrected chi connectivity index (χ3v) is 2.92. The van der Waals surface area contributed by atoms with Crippen molar-refractivity contribution in [3.05, 3.63) is 45.6 Å². The average molecular weight is 270 g/mol. The Labute approximate surface area is 107 Å². The molecule has 2 nitrogen and oxygen atoms in total. The lowest BCUT2D eigenvalue weighted by Crippen LogP contribution is -2.00. The molecule has 0 spiro atoms. The molecular weight excluding hydrogens is 261 g/mol. The first-order chi connectivity index (χ1) is 8.41. The molecule has 1 heterocycles. The lowest BCUT2D eigenvalue weighted by molar-refractivity contribution is 0.448. The third-order valence-electron chi connectivity index (χ3n) is 2.63. The highest BCUT2D eigenvalue weighted by Crippen LogP contribution is 2.25. The molecule has 0 unspecified atom stereocenters. The quantitative estimate of drug-likeness (QED) is 0.630. The summed E-state index contributed by atoms with van der Waals surface area (Å²) in [5.74, 6) is -4.05. The number of nitrogens with one attached hydrogen (secondary N) is 1. The summed E-state index contributed by atoms with van der Waals surface area (Å²) in [7, 11) is 0. The highest BCUT2D eigenvalue weighted by molar-refractivity contribution is 7.71. The Kier molecular flexibility index (Phi) is 3.21. The lowest BCUT2D eigenvalue weighted by Gasteiger charge is -2.07. The Morgan fingerprint density at radius 3 is 2.44 bits per heavy atom. The average Bonchev–Trinajstić information content (AvgIpc) is 2.32. The zero-order valence-corrected chi connectivity index (χ0v) is 10.5. The fraction of sp³-hybridized carbons (Fsp3) is 0.167. The number of aromatic nitrogens is 2. The maximum Gasteiger partial charge on any atom is 0.195 e. The van der Waals surface area contributed by atoms with Crippen LogP contribution in [0.1, 0.15) is 11.4 Å². The van der Waals surface area contributed by atoms with E-state index in [0.29, 0.717) is 5.69 Å². The second kappa shape index (κ2) is 4.53. The summed E-state index contributed by atoms with van der Waals surface area (Å²) in [5.41, 5.74) is 1.30. The van der Waals surface area contributed by atoms with Crippen molar-refractivity contribution in [3.8, 4) is 11.3 Å². The van der Waals surface area contributed by atoms with E-state index in [1.54, 1.807) is 13.8 Å². The molecule has 0 radical (unpaired) electrons. The van der Waals surface area contributed by atoms with Crippen LogP contribution in [0.5, 0.6) is 0 Å². The van der Waals surface area contributed by atoms with Crippen molar-refractivity contribution in [1.29, 1.82) is 0 Å². The van der Waals surface area contributed by atoms with Gasteiger partial charge in [-0.2, -0.15) is 0 Å². The zero-order chi connectivity index (χ0) is 13.4. The van der Waals surface area contributed by atoms with Crippen molar-refractivity contribution in [2.45, 2.75) is 13.8 Å². The second-order valence-electron chi connectivity index (χ2n) is 3.85. The molecule has 18 heavy (non-hydrogen) atoms. The molecule has 0 aliphatic rings. The molecular formula is C12H9F3N2S. The summed E-state index contributed by atoms with van der Waals surface area (Å²) in [5, 5.41) is 0. The Hall–Kier alpha value is -1.69. The van der Waals surface area contributed by atoms with E-state index in [4.69, 9.17) is 12.2 Å². The lowest BCUT2D eigenvalue weighted by atomic mass is 10.1. The molecule has 2 rings (SSSR count). The second-order valence-corrected chi connectivity index (χ2v) is 4.26. The fourth-order valence-electron chi connectivity index (χ4n) is 1.51. The molecule has 1 aromatic heterocycles. The number of hydrogen-bond acceptors (Lipinski definition) is 2. The van der Waals surface area contributed by atoms with Gasteiger partial charge in [-0.05, 0) is 26.0 Å². The van der Waals surface area contributed by atoms with E-state index in [1.807, 2.05) is 0 Å². The first-order valence-electron chi connectivity index (χ1n) is 5.13. The number of aromatic amines is 1. The van der Waals surface area contributed by atoms with Gasteiger partial charge in [0, 0.05) is 11.3 Å². The van der Waals surface area contributed by atoms with Crippen molar-refractivity contribution < 1.29 is 13.2 Å². The fourth-order valence-corrected chi connectivity index (χ4v) is 1.82. The Bertz CT molecular complexity index is 680. The molecule has 0 fully saturated rings. The van der Waals surface area contributed by atoms with Crippen LogP contribution in [0.3, 0.4) is 0 Å². The molecule has 0 atom stereocenters. The van der Waals surface area contributed by atoms with Crippen molar-refractivity contribution in [2.24, 2.45) is 0 Å². The molecule has 1 N–H and O–H groups in total. The zero-order valence-electron chi connectivity index (χ0n) is 9.64.